The van der Waals surface area contributed by atoms with Crippen molar-refractivity contribution in [2.45, 2.75) is 25.3 Å². The molecule has 1 aliphatic heterocycles. The molecule has 0 saturated carbocycles. The standard InChI is InChI=1S/C23H19F5N6O2/c1-22(25)10-33(11-22)18(35)9-32-6-5-17-19(20(32)36)14(8-34(17)21-29-12-31(2)30-21)13-3-4-16(24)15(7-13)23(26,27)28/h3-8,12H,9-11H2,1-2H3. The molecule has 0 radical (unpaired) electrons. The number of halogens is 5. The summed E-state index contributed by atoms with van der Waals surface area (Å²) in [7, 11) is 1.62. The topological polar surface area (TPSA) is 78.0 Å². The van der Waals surface area contributed by atoms with Crippen LogP contribution in [-0.4, -0.2) is 53.5 Å². The molecule has 36 heavy (non-hydrogen) atoms. The third-order valence-electron chi connectivity index (χ3n) is 6.02. The van der Waals surface area contributed by atoms with Crippen molar-refractivity contribution < 1.29 is 26.7 Å². The molecule has 5 rings (SSSR count). The molecule has 0 spiro atoms. The zero-order chi connectivity index (χ0) is 26.0. The molecule has 1 aromatic carbocycles. The average Bonchev–Trinajstić information content (AvgIpc) is 3.37. The molecule has 0 bridgehead atoms. The fourth-order valence-corrected chi connectivity index (χ4v) is 4.31. The molecule has 1 aliphatic rings. The Labute approximate surface area is 200 Å². The highest BCUT2D eigenvalue weighted by Gasteiger charge is 2.41. The first kappa shape index (κ1) is 23.7. The van der Waals surface area contributed by atoms with E-state index in [1.807, 2.05) is 0 Å². The van der Waals surface area contributed by atoms with Gasteiger partial charge in [0.15, 0.2) is 0 Å². The number of aryl methyl sites for hydroxylation is 1. The van der Waals surface area contributed by atoms with Crippen LogP contribution in [0.25, 0.3) is 28.0 Å². The van der Waals surface area contributed by atoms with E-state index < -0.39 is 34.7 Å². The van der Waals surface area contributed by atoms with Gasteiger partial charge in [-0.05, 0) is 30.7 Å². The van der Waals surface area contributed by atoms with Gasteiger partial charge in [0.1, 0.15) is 24.4 Å². The molecule has 13 heteroatoms. The lowest BCUT2D eigenvalue weighted by Crippen LogP contribution is -2.60. The van der Waals surface area contributed by atoms with Crippen LogP contribution in [0, 0.1) is 5.82 Å². The summed E-state index contributed by atoms with van der Waals surface area (Å²) in [4.78, 5) is 31.4. The van der Waals surface area contributed by atoms with E-state index in [4.69, 9.17) is 0 Å². The number of alkyl halides is 4. The summed E-state index contributed by atoms with van der Waals surface area (Å²) >= 11 is 0. The number of likely N-dealkylation sites (tertiary alicyclic amines) is 1. The van der Waals surface area contributed by atoms with Gasteiger partial charge in [0, 0.05) is 25.0 Å². The van der Waals surface area contributed by atoms with Crippen LogP contribution in [0.4, 0.5) is 22.0 Å². The lowest BCUT2D eigenvalue weighted by atomic mass is 9.99. The number of fused-ring (bicyclic) bond motifs is 1. The Morgan fingerprint density at radius 3 is 2.53 bits per heavy atom. The zero-order valence-corrected chi connectivity index (χ0v) is 19.1. The van der Waals surface area contributed by atoms with Crippen molar-refractivity contribution >= 4 is 16.8 Å². The Kier molecular flexibility index (Phi) is 5.27. The summed E-state index contributed by atoms with van der Waals surface area (Å²) in [5, 5.41) is 4.19. The van der Waals surface area contributed by atoms with Crippen LogP contribution in [-0.2, 0) is 24.6 Å². The van der Waals surface area contributed by atoms with Gasteiger partial charge in [-0.2, -0.15) is 18.2 Å². The number of carbonyl (C=O) groups excluding carboxylic acids is 1. The van der Waals surface area contributed by atoms with Crippen LogP contribution in [0.1, 0.15) is 12.5 Å². The van der Waals surface area contributed by atoms with Crippen LogP contribution in [0.2, 0.25) is 0 Å². The van der Waals surface area contributed by atoms with Crippen LogP contribution in [0.5, 0.6) is 0 Å². The predicted molar refractivity (Wildman–Crippen MR) is 119 cm³/mol. The normalized spacial score (nSPS) is 15.4. The number of carbonyl (C=O) groups is 1. The van der Waals surface area contributed by atoms with Gasteiger partial charge in [-0.25, -0.2) is 8.78 Å². The highest BCUT2D eigenvalue weighted by atomic mass is 19.4. The van der Waals surface area contributed by atoms with Gasteiger partial charge < -0.3 is 9.47 Å². The van der Waals surface area contributed by atoms with Gasteiger partial charge in [0.05, 0.1) is 29.6 Å². The molecule has 8 nitrogen and oxygen atoms in total. The molecule has 1 fully saturated rings. The van der Waals surface area contributed by atoms with Gasteiger partial charge in [0.25, 0.3) is 11.5 Å². The van der Waals surface area contributed by atoms with Crippen molar-refractivity contribution in [3.8, 4) is 17.1 Å². The molecule has 3 aromatic heterocycles. The summed E-state index contributed by atoms with van der Waals surface area (Å²) < 4.78 is 71.8. The van der Waals surface area contributed by atoms with Crippen LogP contribution < -0.4 is 5.56 Å². The fraction of sp³-hybridized carbons (Fsp3) is 0.304. The Morgan fingerprint density at radius 1 is 1.19 bits per heavy atom. The van der Waals surface area contributed by atoms with E-state index >= 15 is 0 Å². The maximum Gasteiger partial charge on any atom is 0.419 e. The van der Waals surface area contributed by atoms with Crippen molar-refractivity contribution in [3.63, 3.8) is 0 Å². The SMILES string of the molecule is Cn1cnc(-n2cc(-c3ccc(F)c(C(F)(F)F)c3)c3c(=O)n(CC(=O)N4CC(C)(F)C4)ccc32)n1. The number of benzene rings is 1. The Bertz CT molecular complexity index is 1560. The second kappa shape index (κ2) is 8.00. The third-order valence-corrected chi connectivity index (χ3v) is 6.02. The number of hydrogen-bond donors (Lipinski definition) is 0. The van der Waals surface area contributed by atoms with Crippen LogP contribution in [0.3, 0.4) is 0 Å². The highest BCUT2D eigenvalue weighted by molar-refractivity contribution is 5.96. The molecule has 4 aromatic rings. The molecule has 0 atom stereocenters. The minimum absolute atomic E-state index is 0.00331. The van der Waals surface area contributed by atoms with E-state index in [1.165, 1.54) is 45.9 Å². The van der Waals surface area contributed by atoms with Gasteiger partial charge in [-0.15, -0.1) is 5.10 Å². The molecule has 0 aliphatic carbocycles. The lowest BCUT2D eigenvalue weighted by Gasteiger charge is -2.42. The van der Waals surface area contributed by atoms with Crippen LogP contribution in [0.15, 0.2) is 47.8 Å². The fourth-order valence-electron chi connectivity index (χ4n) is 4.31. The number of aromatic nitrogens is 5. The minimum Gasteiger partial charge on any atom is -0.335 e. The summed E-state index contributed by atoms with van der Waals surface area (Å²) in [6.45, 7) is 0.805. The smallest absolute Gasteiger partial charge is 0.335 e. The number of amides is 1. The van der Waals surface area contributed by atoms with Crippen LogP contribution >= 0.6 is 0 Å². The monoisotopic (exact) mass is 506 g/mol. The zero-order valence-electron chi connectivity index (χ0n) is 19.1. The largest absolute Gasteiger partial charge is 0.419 e. The van der Waals surface area contributed by atoms with Crippen molar-refractivity contribution in [1.29, 1.82) is 0 Å². The van der Waals surface area contributed by atoms with E-state index in [0.29, 0.717) is 12.1 Å². The van der Waals surface area contributed by atoms with E-state index in [9.17, 15) is 31.5 Å². The van der Waals surface area contributed by atoms with Gasteiger partial charge in [-0.3, -0.25) is 18.8 Å². The molecule has 0 unspecified atom stereocenters. The van der Waals surface area contributed by atoms with E-state index in [1.54, 1.807) is 7.05 Å². The first-order valence-corrected chi connectivity index (χ1v) is 10.8. The molecule has 4 heterocycles. The molecule has 1 saturated heterocycles. The summed E-state index contributed by atoms with van der Waals surface area (Å²) in [5.41, 5.74) is -3.32. The Morgan fingerprint density at radius 2 is 1.92 bits per heavy atom. The summed E-state index contributed by atoms with van der Waals surface area (Å²) in [6, 6.07) is 3.96. The number of rotatable bonds is 4. The summed E-state index contributed by atoms with van der Waals surface area (Å²) in [6.07, 6.45) is -0.779. The first-order chi connectivity index (χ1) is 16.8. The Hall–Kier alpha value is -4.03. The number of nitrogens with zero attached hydrogens (tertiary/aromatic N) is 6. The summed E-state index contributed by atoms with van der Waals surface area (Å²) in [5.74, 6) is -1.76. The molecular weight excluding hydrogens is 487 g/mol. The predicted octanol–water partition coefficient (Wildman–Crippen LogP) is 3.32. The lowest BCUT2D eigenvalue weighted by molar-refractivity contribution is -0.144. The van der Waals surface area contributed by atoms with Crippen molar-refractivity contribution in [2.24, 2.45) is 7.05 Å². The molecular formula is C23H19F5N6O2. The second-order valence-corrected chi connectivity index (χ2v) is 9.00. The highest BCUT2D eigenvalue weighted by Crippen LogP contribution is 2.36. The van der Waals surface area contributed by atoms with Gasteiger partial charge in [0.2, 0.25) is 5.91 Å². The second-order valence-electron chi connectivity index (χ2n) is 9.00. The average molecular weight is 506 g/mol. The van der Waals surface area contributed by atoms with E-state index in [2.05, 4.69) is 10.1 Å². The van der Waals surface area contributed by atoms with Crippen molar-refractivity contribution in [1.82, 2.24) is 28.8 Å². The van der Waals surface area contributed by atoms with Crippen molar-refractivity contribution in [2.75, 3.05) is 13.1 Å². The number of pyridine rings is 1. The van der Waals surface area contributed by atoms with E-state index in [-0.39, 0.29) is 47.6 Å². The molecule has 1 amide bonds. The maximum absolute atomic E-state index is 13.9. The third kappa shape index (κ3) is 4.03. The molecule has 188 valence electrons. The van der Waals surface area contributed by atoms with Gasteiger partial charge >= 0.3 is 6.18 Å². The van der Waals surface area contributed by atoms with Crippen molar-refractivity contribution in [3.05, 3.63) is 64.7 Å². The van der Waals surface area contributed by atoms with E-state index in [0.717, 1.165) is 10.6 Å². The quantitative estimate of drug-likeness (QED) is 0.398. The van der Waals surface area contributed by atoms with Gasteiger partial charge in [-0.1, -0.05) is 6.07 Å². The first-order valence-electron chi connectivity index (χ1n) is 10.8. The Balaban J connectivity index is 1.67. The molecule has 0 N–H and O–H groups in total. The number of hydrogen-bond acceptors (Lipinski definition) is 4. The maximum atomic E-state index is 13.9. The minimum atomic E-state index is -4.95.